The molecule has 4 rings (SSSR count). The van der Waals surface area contributed by atoms with E-state index in [1.807, 2.05) is 24.3 Å². The number of carbonyl (C=O) groups excluding carboxylic acids is 2. The molecule has 1 aliphatic heterocycles. The number of amides is 2. The maximum Gasteiger partial charge on any atom is 0.251 e. The van der Waals surface area contributed by atoms with E-state index in [0.717, 1.165) is 11.4 Å². The van der Waals surface area contributed by atoms with Crippen molar-refractivity contribution in [1.82, 2.24) is 5.32 Å². The lowest BCUT2D eigenvalue weighted by Crippen LogP contribution is -2.26. The van der Waals surface area contributed by atoms with Gasteiger partial charge in [0.2, 0.25) is 5.91 Å². The van der Waals surface area contributed by atoms with Crippen LogP contribution in [0.2, 0.25) is 0 Å². The van der Waals surface area contributed by atoms with Crippen LogP contribution in [-0.4, -0.2) is 25.4 Å². The average molecular weight is 404 g/mol. The minimum atomic E-state index is -0.150. The van der Waals surface area contributed by atoms with Crippen LogP contribution in [0.3, 0.4) is 0 Å². The highest BCUT2D eigenvalue weighted by Gasteiger charge is 2.23. The molecule has 3 aromatic rings. The van der Waals surface area contributed by atoms with Crippen LogP contribution < -0.4 is 15.5 Å². The van der Waals surface area contributed by atoms with Gasteiger partial charge in [-0.25, -0.2) is 0 Å². The molecule has 1 heterocycles. The predicted molar refractivity (Wildman–Crippen MR) is 117 cm³/mol. The number of nitrogens with one attached hydrogen (secondary N) is 2. The van der Waals surface area contributed by atoms with Gasteiger partial charge in [-0.05, 0) is 48.5 Å². The lowest BCUT2D eigenvalue weighted by molar-refractivity contribution is -0.116. The summed E-state index contributed by atoms with van der Waals surface area (Å²) in [6.07, 6.45) is 0.352. The van der Waals surface area contributed by atoms with Gasteiger partial charge in [0.25, 0.3) is 5.91 Å². The second-order valence-electron chi connectivity index (χ2n) is 6.64. The highest BCUT2D eigenvalue weighted by molar-refractivity contribution is 7.99. The van der Waals surface area contributed by atoms with Crippen molar-refractivity contribution in [2.75, 3.05) is 23.8 Å². The molecule has 0 saturated carbocycles. The van der Waals surface area contributed by atoms with Crippen molar-refractivity contribution in [3.05, 3.63) is 78.4 Å². The molecule has 29 heavy (non-hydrogen) atoms. The van der Waals surface area contributed by atoms with Crippen molar-refractivity contribution in [2.24, 2.45) is 0 Å². The van der Waals surface area contributed by atoms with Crippen LogP contribution in [0.1, 0.15) is 16.8 Å². The first kappa shape index (κ1) is 19.1. The Morgan fingerprint density at radius 3 is 2.03 bits per heavy atom. The number of para-hydroxylation sites is 2. The number of benzene rings is 3. The van der Waals surface area contributed by atoms with Gasteiger partial charge >= 0.3 is 0 Å². The topological polar surface area (TPSA) is 61.4 Å². The third kappa shape index (κ3) is 4.12. The van der Waals surface area contributed by atoms with E-state index < -0.39 is 0 Å². The molecule has 5 nitrogen and oxygen atoms in total. The van der Waals surface area contributed by atoms with Crippen molar-refractivity contribution in [3.8, 4) is 0 Å². The second kappa shape index (κ2) is 8.41. The maximum absolute atomic E-state index is 12.5. The zero-order valence-electron chi connectivity index (χ0n) is 16.0. The summed E-state index contributed by atoms with van der Waals surface area (Å²) in [5, 5.41) is 5.49. The smallest absolute Gasteiger partial charge is 0.251 e. The quantitative estimate of drug-likeness (QED) is 0.649. The van der Waals surface area contributed by atoms with Crippen molar-refractivity contribution < 1.29 is 9.59 Å². The summed E-state index contributed by atoms with van der Waals surface area (Å²) in [5.41, 5.74) is 3.49. The SMILES string of the molecule is CNC(=O)c1ccc(NC(=O)CCN2c3ccccc3Sc3ccccc32)cc1. The van der Waals surface area contributed by atoms with Crippen LogP contribution in [0.15, 0.2) is 82.6 Å². The summed E-state index contributed by atoms with van der Waals surface area (Å²) in [7, 11) is 1.59. The monoisotopic (exact) mass is 403 g/mol. The Kier molecular flexibility index (Phi) is 5.53. The van der Waals surface area contributed by atoms with Crippen molar-refractivity contribution in [2.45, 2.75) is 16.2 Å². The summed E-state index contributed by atoms with van der Waals surface area (Å²) in [5.74, 6) is -0.214. The lowest BCUT2D eigenvalue weighted by atomic mass is 10.2. The Bertz CT molecular complexity index is 1000. The Hall–Kier alpha value is -3.25. The summed E-state index contributed by atoms with van der Waals surface area (Å²) >= 11 is 1.75. The van der Waals surface area contributed by atoms with Crippen LogP contribution in [-0.2, 0) is 4.79 Å². The predicted octanol–water partition coefficient (Wildman–Crippen LogP) is 4.68. The number of hydrogen-bond donors (Lipinski definition) is 2. The maximum atomic E-state index is 12.5. The van der Waals surface area contributed by atoms with E-state index in [-0.39, 0.29) is 11.8 Å². The second-order valence-corrected chi connectivity index (χ2v) is 7.73. The van der Waals surface area contributed by atoms with Crippen LogP contribution >= 0.6 is 11.8 Å². The molecular formula is C23H21N3O2S. The molecule has 3 aromatic carbocycles. The molecule has 0 spiro atoms. The molecule has 0 bridgehead atoms. The van der Waals surface area contributed by atoms with E-state index in [2.05, 4.69) is 39.8 Å². The van der Waals surface area contributed by atoms with Gasteiger partial charge in [-0.1, -0.05) is 36.0 Å². The van der Waals surface area contributed by atoms with Gasteiger partial charge in [-0.15, -0.1) is 0 Å². The fourth-order valence-corrected chi connectivity index (χ4v) is 4.40. The van der Waals surface area contributed by atoms with Gasteiger partial charge in [0.1, 0.15) is 0 Å². The van der Waals surface area contributed by atoms with Gasteiger partial charge in [0.05, 0.1) is 11.4 Å². The zero-order valence-corrected chi connectivity index (χ0v) is 16.8. The molecule has 0 unspecified atom stereocenters. The van der Waals surface area contributed by atoms with Crippen molar-refractivity contribution in [3.63, 3.8) is 0 Å². The van der Waals surface area contributed by atoms with E-state index in [1.165, 1.54) is 9.79 Å². The summed E-state index contributed by atoms with van der Waals surface area (Å²) in [6, 6.07) is 23.4. The van der Waals surface area contributed by atoms with Gasteiger partial charge in [0, 0.05) is 41.1 Å². The Morgan fingerprint density at radius 1 is 0.862 bits per heavy atom. The van der Waals surface area contributed by atoms with Crippen molar-refractivity contribution >= 4 is 40.6 Å². The minimum absolute atomic E-state index is 0.0640. The third-order valence-corrected chi connectivity index (χ3v) is 5.88. The summed E-state index contributed by atoms with van der Waals surface area (Å²) in [4.78, 5) is 28.7. The molecule has 6 heteroatoms. The number of rotatable bonds is 5. The first-order chi connectivity index (χ1) is 14.2. The molecule has 0 atom stereocenters. The summed E-state index contributed by atoms with van der Waals surface area (Å²) in [6.45, 7) is 0.580. The fraction of sp³-hybridized carbons (Fsp3) is 0.130. The number of nitrogens with zero attached hydrogens (tertiary/aromatic N) is 1. The molecule has 0 fully saturated rings. The standard InChI is InChI=1S/C23H21N3O2S/c1-24-23(28)16-10-12-17(13-11-16)25-22(27)14-15-26-18-6-2-4-8-20(18)29-21-9-5-3-7-19(21)26/h2-13H,14-15H2,1H3,(H,24,28)(H,25,27). The molecule has 2 N–H and O–H groups in total. The van der Waals surface area contributed by atoms with Gasteiger partial charge in [-0.3, -0.25) is 9.59 Å². The van der Waals surface area contributed by atoms with E-state index >= 15 is 0 Å². The molecule has 0 aliphatic carbocycles. The normalized spacial score (nSPS) is 12.0. The van der Waals surface area contributed by atoms with Gasteiger partial charge in [0.15, 0.2) is 0 Å². The lowest BCUT2D eigenvalue weighted by Gasteiger charge is -2.32. The average Bonchev–Trinajstić information content (AvgIpc) is 2.76. The first-order valence-corrected chi connectivity index (χ1v) is 10.2. The third-order valence-electron chi connectivity index (χ3n) is 4.75. The molecule has 2 amide bonds. The van der Waals surface area contributed by atoms with Crippen molar-refractivity contribution in [1.29, 1.82) is 0 Å². The minimum Gasteiger partial charge on any atom is -0.355 e. The Labute approximate surface area is 174 Å². The highest BCUT2D eigenvalue weighted by Crippen LogP contribution is 2.47. The molecule has 0 saturated heterocycles. The summed E-state index contributed by atoms with van der Waals surface area (Å²) < 4.78 is 0. The Morgan fingerprint density at radius 2 is 1.45 bits per heavy atom. The molecule has 146 valence electrons. The zero-order chi connectivity index (χ0) is 20.2. The number of anilines is 3. The molecular weight excluding hydrogens is 382 g/mol. The van der Waals surface area contributed by atoms with Crippen LogP contribution in [0.4, 0.5) is 17.1 Å². The van der Waals surface area contributed by atoms with Gasteiger partial charge in [-0.2, -0.15) is 0 Å². The van der Waals surface area contributed by atoms with E-state index in [9.17, 15) is 9.59 Å². The number of hydrogen-bond acceptors (Lipinski definition) is 4. The molecule has 0 aromatic heterocycles. The van der Waals surface area contributed by atoms with Crippen LogP contribution in [0.5, 0.6) is 0 Å². The van der Waals surface area contributed by atoms with E-state index in [0.29, 0.717) is 24.2 Å². The highest BCUT2D eigenvalue weighted by atomic mass is 32.2. The first-order valence-electron chi connectivity index (χ1n) is 9.41. The molecule has 1 aliphatic rings. The van der Waals surface area contributed by atoms with E-state index in [1.54, 1.807) is 43.1 Å². The largest absolute Gasteiger partial charge is 0.355 e. The Balaban J connectivity index is 1.45. The van der Waals surface area contributed by atoms with Crippen LogP contribution in [0, 0.1) is 0 Å². The number of carbonyl (C=O) groups is 2. The fourth-order valence-electron chi connectivity index (χ4n) is 3.31. The van der Waals surface area contributed by atoms with Gasteiger partial charge < -0.3 is 15.5 Å². The number of fused-ring (bicyclic) bond motifs is 2. The van der Waals surface area contributed by atoms with Crippen LogP contribution in [0.25, 0.3) is 0 Å². The molecule has 0 radical (unpaired) electrons. The van der Waals surface area contributed by atoms with E-state index in [4.69, 9.17) is 0 Å².